The number of aromatic amines is 1. The first-order chi connectivity index (χ1) is 12.8. The zero-order chi connectivity index (χ0) is 19.4. The number of amides is 1. The van der Waals surface area contributed by atoms with Crippen LogP contribution < -0.4 is 10.2 Å². The van der Waals surface area contributed by atoms with E-state index in [0.717, 1.165) is 12.1 Å². The van der Waals surface area contributed by atoms with Gasteiger partial charge >= 0.3 is 6.18 Å². The van der Waals surface area contributed by atoms with Crippen LogP contribution in [-0.2, 0) is 11.0 Å². The number of nitrogens with one attached hydrogen (secondary N) is 2. The third kappa shape index (κ3) is 4.92. The lowest BCUT2D eigenvalue weighted by Gasteiger charge is -2.21. The predicted molar refractivity (Wildman–Crippen MR) is 101 cm³/mol. The van der Waals surface area contributed by atoms with Crippen molar-refractivity contribution in [1.29, 1.82) is 0 Å². The summed E-state index contributed by atoms with van der Waals surface area (Å²) in [4.78, 5) is 14.1. The van der Waals surface area contributed by atoms with E-state index in [2.05, 4.69) is 15.5 Å². The first-order valence-corrected chi connectivity index (χ1v) is 8.90. The van der Waals surface area contributed by atoms with Gasteiger partial charge in [0.1, 0.15) is 6.54 Å². The number of benzene rings is 2. The van der Waals surface area contributed by atoms with Crippen molar-refractivity contribution in [2.24, 2.45) is 0 Å². The largest absolute Gasteiger partial charge is 0.416 e. The summed E-state index contributed by atoms with van der Waals surface area (Å²) in [6, 6.07) is 13.5. The number of para-hydroxylation sites is 1. The van der Waals surface area contributed by atoms with E-state index >= 15 is 0 Å². The second-order valence-electron chi connectivity index (χ2n) is 5.44. The minimum atomic E-state index is -4.48. The van der Waals surface area contributed by atoms with Gasteiger partial charge in [-0.25, -0.2) is 0 Å². The number of halogens is 3. The molecular weight excluding hydrogens is 397 g/mol. The Morgan fingerprint density at radius 2 is 1.93 bits per heavy atom. The van der Waals surface area contributed by atoms with Crippen LogP contribution in [0.2, 0.25) is 0 Å². The van der Waals surface area contributed by atoms with E-state index in [9.17, 15) is 18.0 Å². The summed E-state index contributed by atoms with van der Waals surface area (Å²) in [5.74, 6) is -0.487. The summed E-state index contributed by atoms with van der Waals surface area (Å²) in [7, 11) is 0. The minimum Gasteiger partial charge on any atom is -0.325 e. The van der Waals surface area contributed by atoms with Crippen LogP contribution in [0.25, 0.3) is 0 Å². The van der Waals surface area contributed by atoms with E-state index in [-0.39, 0.29) is 12.2 Å². The van der Waals surface area contributed by atoms with Crippen molar-refractivity contribution >= 4 is 46.0 Å². The molecule has 1 amide bonds. The third-order valence-electron chi connectivity index (χ3n) is 3.50. The van der Waals surface area contributed by atoms with Gasteiger partial charge in [0.15, 0.2) is 3.95 Å². The summed E-state index contributed by atoms with van der Waals surface area (Å²) >= 11 is 6.23. The van der Waals surface area contributed by atoms with Crippen molar-refractivity contribution in [3.05, 3.63) is 64.1 Å². The van der Waals surface area contributed by atoms with Gasteiger partial charge in [0.25, 0.3) is 0 Å². The number of hydrogen-bond acceptors (Lipinski definition) is 5. The molecule has 10 heteroatoms. The first kappa shape index (κ1) is 19.1. The van der Waals surface area contributed by atoms with Gasteiger partial charge < -0.3 is 10.2 Å². The van der Waals surface area contributed by atoms with Crippen LogP contribution in [0.3, 0.4) is 0 Å². The Hall–Kier alpha value is -2.72. The van der Waals surface area contributed by atoms with E-state index in [1.165, 1.54) is 23.5 Å². The van der Waals surface area contributed by atoms with E-state index < -0.39 is 17.6 Å². The van der Waals surface area contributed by atoms with Crippen LogP contribution in [0.4, 0.5) is 29.7 Å². The number of carbonyl (C=O) groups is 1. The molecule has 0 radical (unpaired) electrons. The summed E-state index contributed by atoms with van der Waals surface area (Å²) in [5.41, 5.74) is -0.0579. The lowest BCUT2D eigenvalue weighted by atomic mass is 10.2. The Bertz CT molecular complexity index is 985. The molecule has 1 heterocycles. The molecule has 3 rings (SSSR count). The van der Waals surface area contributed by atoms with E-state index in [0.29, 0.717) is 14.8 Å². The third-order valence-corrected chi connectivity index (χ3v) is 4.61. The fourth-order valence-corrected chi connectivity index (χ4v) is 3.23. The molecule has 0 aliphatic carbocycles. The van der Waals surface area contributed by atoms with Gasteiger partial charge in [-0.1, -0.05) is 35.6 Å². The highest BCUT2D eigenvalue weighted by Crippen LogP contribution is 2.31. The summed E-state index contributed by atoms with van der Waals surface area (Å²) in [5, 5.41) is 9.70. The molecule has 0 saturated carbocycles. The topological polar surface area (TPSA) is 61.0 Å². The van der Waals surface area contributed by atoms with Crippen molar-refractivity contribution in [3.63, 3.8) is 0 Å². The van der Waals surface area contributed by atoms with Gasteiger partial charge in [0, 0.05) is 11.4 Å². The van der Waals surface area contributed by atoms with Gasteiger partial charge in [0.2, 0.25) is 11.0 Å². The zero-order valence-corrected chi connectivity index (χ0v) is 15.3. The highest BCUT2D eigenvalue weighted by Gasteiger charge is 2.30. The average Bonchev–Trinajstić information content (AvgIpc) is 3.06. The molecule has 3 aromatic rings. The smallest absolute Gasteiger partial charge is 0.325 e. The molecule has 0 spiro atoms. The number of anilines is 3. The highest BCUT2D eigenvalue weighted by molar-refractivity contribution is 7.73. The Balaban J connectivity index is 1.80. The Labute approximate surface area is 161 Å². The standard InChI is InChI=1S/C17H13F3N4OS2/c18-17(19,20)11-5-4-6-12(9-11)21-14(25)10-24(13-7-2-1-3-8-13)15-22-23-16(26)27-15/h1-9H,10H2,(H,21,25)(H,23,26). The van der Waals surface area contributed by atoms with E-state index in [1.807, 2.05) is 6.07 Å². The Kier molecular flexibility index (Phi) is 5.57. The van der Waals surface area contributed by atoms with E-state index in [4.69, 9.17) is 12.2 Å². The van der Waals surface area contributed by atoms with Crippen molar-refractivity contribution in [1.82, 2.24) is 10.2 Å². The maximum Gasteiger partial charge on any atom is 0.416 e. The molecular formula is C17H13F3N4OS2. The van der Waals surface area contributed by atoms with Crippen molar-refractivity contribution in [3.8, 4) is 0 Å². The van der Waals surface area contributed by atoms with Gasteiger partial charge in [-0.05, 0) is 42.5 Å². The SMILES string of the molecule is O=C(CN(c1ccccc1)c1n[nH]c(=S)s1)Nc1cccc(C(F)(F)F)c1. The summed E-state index contributed by atoms with van der Waals surface area (Å²) in [6.45, 7) is -0.142. The molecule has 0 aliphatic rings. The first-order valence-electron chi connectivity index (χ1n) is 7.68. The monoisotopic (exact) mass is 410 g/mol. The molecule has 0 saturated heterocycles. The van der Waals surface area contributed by atoms with Gasteiger partial charge in [-0.2, -0.15) is 13.2 Å². The van der Waals surface area contributed by atoms with Crippen LogP contribution in [-0.4, -0.2) is 22.6 Å². The van der Waals surface area contributed by atoms with Crippen LogP contribution in [0.15, 0.2) is 54.6 Å². The summed E-state index contributed by atoms with van der Waals surface area (Å²) < 4.78 is 38.9. The number of rotatable bonds is 5. The molecule has 140 valence electrons. The fraction of sp³-hybridized carbons (Fsp3) is 0.118. The Morgan fingerprint density at radius 1 is 1.19 bits per heavy atom. The Morgan fingerprint density at radius 3 is 2.56 bits per heavy atom. The molecule has 27 heavy (non-hydrogen) atoms. The molecule has 2 N–H and O–H groups in total. The number of nitrogens with zero attached hydrogens (tertiary/aromatic N) is 2. The molecule has 0 aliphatic heterocycles. The quantitative estimate of drug-likeness (QED) is 0.582. The van der Waals surface area contributed by atoms with Crippen LogP contribution in [0, 0.1) is 3.95 Å². The molecule has 1 aromatic heterocycles. The minimum absolute atomic E-state index is 0.0671. The maximum atomic E-state index is 12.8. The zero-order valence-electron chi connectivity index (χ0n) is 13.7. The van der Waals surface area contributed by atoms with E-state index in [1.54, 1.807) is 29.2 Å². The van der Waals surface area contributed by atoms with Gasteiger partial charge in [0.05, 0.1) is 5.56 Å². The second-order valence-corrected chi connectivity index (χ2v) is 7.09. The predicted octanol–water partition coefficient (Wildman–Crippen LogP) is 5.00. The molecule has 0 fully saturated rings. The molecule has 5 nitrogen and oxygen atoms in total. The number of H-pyrrole nitrogens is 1. The number of hydrogen-bond donors (Lipinski definition) is 2. The van der Waals surface area contributed by atoms with Gasteiger partial charge in [-0.15, -0.1) is 5.10 Å². The van der Waals surface area contributed by atoms with Crippen molar-refractivity contribution < 1.29 is 18.0 Å². The van der Waals surface area contributed by atoms with Crippen LogP contribution >= 0.6 is 23.6 Å². The van der Waals surface area contributed by atoms with Crippen molar-refractivity contribution in [2.75, 3.05) is 16.8 Å². The van der Waals surface area contributed by atoms with Gasteiger partial charge in [-0.3, -0.25) is 9.89 Å². The molecule has 2 aromatic carbocycles. The molecule has 0 atom stereocenters. The summed E-state index contributed by atoms with van der Waals surface area (Å²) in [6.07, 6.45) is -4.48. The van der Waals surface area contributed by atoms with Crippen LogP contribution in [0.1, 0.15) is 5.56 Å². The molecule has 0 bridgehead atoms. The maximum absolute atomic E-state index is 12.8. The average molecular weight is 410 g/mol. The van der Waals surface area contributed by atoms with Crippen molar-refractivity contribution in [2.45, 2.75) is 6.18 Å². The number of alkyl halides is 3. The lowest BCUT2D eigenvalue weighted by Crippen LogP contribution is -2.29. The number of aromatic nitrogens is 2. The molecule has 0 unspecified atom stereocenters. The fourth-order valence-electron chi connectivity index (χ4n) is 2.33. The van der Waals surface area contributed by atoms with Crippen LogP contribution in [0.5, 0.6) is 0 Å². The number of carbonyl (C=O) groups excluding carboxylic acids is 1. The lowest BCUT2D eigenvalue weighted by molar-refractivity contribution is -0.137. The second kappa shape index (κ2) is 7.89. The normalized spacial score (nSPS) is 11.2. The highest BCUT2D eigenvalue weighted by atomic mass is 32.1.